The van der Waals surface area contributed by atoms with Crippen LogP contribution in [0.4, 0.5) is 8.78 Å². The van der Waals surface area contributed by atoms with Crippen molar-refractivity contribution in [3.63, 3.8) is 0 Å². The quantitative estimate of drug-likeness (QED) is 0.854. The molecule has 1 aromatic heterocycles. The number of nitrogens with one attached hydrogen (secondary N) is 1. The van der Waals surface area contributed by atoms with Gasteiger partial charge in [0.25, 0.3) is 12.0 Å². The zero-order valence-electron chi connectivity index (χ0n) is 9.11. The second kappa shape index (κ2) is 3.66. The molecular formula is C9H12F2N2O3S. The summed E-state index contributed by atoms with van der Waals surface area (Å²) in [4.78, 5) is 11.6. The monoisotopic (exact) mass is 266 g/mol. The minimum atomic E-state index is -3.20. The summed E-state index contributed by atoms with van der Waals surface area (Å²) in [5.41, 5.74) is -2.07. The fourth-order valence-electron chi connectivity index (χ4n) is 2.10. The van der Waals surface area contributed by atoms with E-state index in [0.29, 0.717) is 0 Å². The standard InChI is InChI=1S/C9H12F2N2O3S/c1-9(2-3-17(15,16)5-9)13-7(14)4-6(12-13)8(10)11/h4,8,12H,2-3,5H2,1H3. The molecule has 1 aliphatic heterocycles. The van der Waals surface area contributed by atoms with Gasteiger partial charge in [-0.05, 0) is 13.3 Å². The van der Waals surface area contributed by atoms with Crippen LogP contribution >= 0.6 is 0 Å². The van der Waals surface area contributed by atoms with Crippen LogP contribution < -0.4 is 5.56 Å². The van der Waals surface area contributed by atoms with Crippen molar-refractivity contribution in [2.45, 2.75) is 25.3 Å². The average Bonchev–Trinajstić information content (AvgIpc) is 2.69. The molecule has 0 spiro atoms. The molecule has 1 unspecified atom stereocenters. The fourth-order valence-corrected chi connectivity index (χ4v) is 4.21. The zero-order chi connectivity index (χ0) is 12.8. The summed E-state index contributed by atoms with van der Waals surface area (Å²) in [6.07, 6.45) is -2.52. The van der Waals surface area contributed by atoms with Crippen molar-refractivity contribution in [2.75, 3.05) is 11.5 Å². The van der Waals surface area contributed by atoms with Crippen LogP contribution in [-0.2, 0) is 15.4 Å². The largest absolute Gasteiger partial charge is 0.293 e. The van der Waals surface area contributed by atoms with Crippen molar-refractivity contribution in [2.24, 2.45) is 0 Å². The Morgan fingerprint density at radius 1 is 1.53 bits per heavy atom. The molecule has 1 N–H and O–H groups in total. The molecule has 8 heteroatoms. The zero-order valence-corrected chi connectivity index (χ0v) is 9.93. The molecule has 1 aliphatic rings. The van der Waals surface area contributed by atoms with E-state index in [1.807, 2.05) is 0 Å². The fraction of sp³-hybridized carbons (Fsp3) is 0.667. The summed E-state index contributed by atoms with van der Waals surface area (Å²) in [6.45, 7) is 1.57. The molecular weight excluding hydrogens is 254 g/mol. The third-order valence-electron chi connectivity index (χ3n) is 3.00. The SMILES string of the molecule is CC1(n2[nH]c(C(F)F)cc2=O)CCS(=O)(=O)C1. The molecule has 0 amide bonds. The number of aromatic amines is 1. The number of nitrogens with zero attached hydrogens (tertiary/aromatic N) is 1. The van der Waals surface area contributed by atoms with E-state index in [0.717, 1.165) is 10.7 Å². The van der Waals surface area contributed by atoms with E-state index in [1.165, 1.54) is 0 Å². The van der Waals surface area contributed by atoms with Crippen molar-refractivity contribution in [3.8, 4) is 0 Å². The Morgan fingerprint density at radius 3 is 2.59 bits per heavy atom. The van der Waals surface area contributed by atoms with Crippen molar-refractivity contribution in [1.29, 1.82) is 0 Å². The van der Waals surface area contributed by atoms with E-state index in [-0.39, 0.29) is 17.9 Å². The van der Waals surface area contributed by atoms with E-state index in [9.17, 15) is 22.0 Å². The van der Waals surface area contributed by atoms with Crippen LogP contribution in [0.25, 0.3) is 0 Å². The van der Waals surface area contributed by atoms with Crippen molar-refractivity contribution >= 4 is 9.84 Å². The van der Waals surface area contributed by atoms with E-state index in [1.54, 1.807) is 6.92 Å². The lowest BCUT2D eigenvalue weighted by Crippen LogP contribution is -2.38. The van der Waals surface area contributed by atoms with Crippen LogP contribution in [0.5, 0.6) is 0 Å². The second-order valence-electron chi connectivity index (χ2n) is 4.52. The van der Waals surface area contributed by atoms with Gasteiger partial charge in [-0.15, -0.1) is 0 Å². The van der Waals surface area contributed by atoms with Crippen LogP contribution in [0.3, 0.4) is 0 Å². The smallest absolute Gasteiger partial charge is 0.279 e. The summed E-state index contributed by atoms with van der Waals surface area (Å²) < 4.78 is 48.6. The van der Waals surface area contributed by atoms with Gasteiger partial charge in [0, 0.05) is 6.07 Å². The molecule has 1 aromatic rings. The van der Waals surface area contributed by atoms with Gasteiger partial charge in [-0.3, -0.25) is 9.89 Å². The van der Waals surface area contributed by atoms with E-state index in [2.05, 4.69) is 5.10 Å². The number of hydrogen-bond donors (Lipinski definition) is 1. The first kappa shape index (κ1) is 12.3. The summed E-state index contributed by atoms with van der Waals surface area (Å²) in [5.74, 6) is -0.234. The van der Waals surface area contributed by atoms with Crippen LogP contribution in [0.1, 0.15) is 25.5 Å². The number of aromatic nitrogens is 2. The van der Waals surface area contributed by atoms with Gasteiger partial charge in [-0.25, -0.2) is 21.9 Å². The molecule has 17 heavy (non-hydrogen) atoms. The van der Waals surface area contributed by atoms with Crippen molar-refractivity contribution in [1.82, 2.24) is 9.78 Å². The highest BCUT2D eigenvalue weighted by atomic mass is 32.2. The molecule has 5 nitrogen and oxygen atoms in total. The minimum Gasteiger partial charge on any atom is -0.293 e. The van der Waals surface area contributed by atoms with Crippen LogP contribution in [0.2, 0.25) is 0 Å². The third kappa shape index (κ3) is 2.13. The number of H-pyrrole nitrogens is 1. The van der Waals surface area contributed by atoms with Crippen molar-refractivity contribution in [3.05, 3.63) is 22.1 Å². The van der Waals surface area contributed by atoms with Gasteiger partial charge in [0.1, 0.15) is 5.69 Å². The molecule has 0 aliphatic carbocycles. The molecule has 2 rings (SSSR count). The Morgan fingerprint density at radius 2 is 2.18 bits per heavy atom. The number of alkyl halides is 2. The average molecular weight is 266 g/mol. The molecule has 1 atom stereocenters. The maximum atomic E-state index is 12.4. The first-order valence-electron chi connectivity index (χ1n) is 5.05. The number of halogens is 2. The molecule has 0 saturated carbocycles. The molecule has 1 saturated heterocycles. The van der Waals surface area contributed by atoms with E-state index in [4.69, 9.17) is 0 Å². The second-order valence-corrected chi connectivity index (χ2v) is 6.71. The topological polar surface area (TPSA) is 71.9 Å². The lowest BCUT2D eigenvalue weighted by molar-refractivity contribution is 0.143. The summed E-state index contributed by atoms with van der Waals surface area (Å²) in [7, 11) is -3.20. The molecule has 1 fully saturated rings. The lowest BCUT2D eigenvalue weighted by atomic mass is 10.0. The Hall–Kier alpha value is -1.18. The molecule has 2 heterocycles. The first-order valence-corrected chi connectivity index (χ1v) is 6.87. The lowest BCUT2D eigenvalue weighted by Gasteiger charge is -2.22. The van der Waals surface area contributed by atoms with Gasteiger partial charge < -0.3 is 0 Å². The van der Waals surface area contributed by atoms with E-state index < -0.39 is 33.1 Å². The van der Waals surface area contributed by atoms with Gasteiger partial charge >= 0.3 is 0 Å². The maximum Gasteiger partial charge on any atom is 0.279 e. The highest BCUT2D eigenvalue weighted by Gasteiger charge is 2.41. The Bertz CT molecular complexity index is 590. The van der Waals surface area contributed by atoms with Gasteiger partial charge in [0.15, 0.2) is 9.84 Å². The van der Waals surface area contributed by atoms with Crippen LogP contribution in [0, 0.1) is 0 Å². The van der Waals surface area contributed by atoms with Gasteiger partial charge in [0.05, 0.1) is 17.0 Å². The molecule has 96 valence electrons. The molecule has 0 bridgehead atoms. The minimum absolute atomic E-state index is 0.0288. The van der Waals surface area contributed by atoms with Crippen LogP contribution in [0.15, 0.2) is 10.9 Å². The summed E-state index contributed by atoms with van der Waals surface area (Å²) in [5, 5.41) is 2.29. The predicted octanol–water partition coefficient (Wildman–Crippen LogP) is 0.648. The Kier molecular flexibility index (Phi) is 2.64. The Balaban J connectivity index is 2.45. The number of sulfone groups is 1. The van der Waals surface area contributed by atoms with E-state index >= 15 is 0 Å². The molecule has 0 radical (unpaired) electrons. The first-order chi connectivity index (χ1) is 7.73. The van der Waals surface area contributed by atoms with Gasteiger partial charge in [0.2, 0.25) is 0 Å². The highest BCUT2D eigenvalue weighted by molar-refractivity contribution is 7.91. The van der Waals surface area contributed by atoms with Gasteiger partial charge in [-0.2, -0.15) is 0 Å². The normalized spacial score (nSPS) is 27.8. The van der Waals surface area contributed by atoms with Crippen molar-refractivity contribution < 1.29 is 17.2 Å². The highest BCUT2D eigenvalue weighted by Crippen LogP contribution is 2.29. The maximum absolute atomic E-state index is 12.4. The Labute approximate surface area is 96.3 Å². The summed E-state index contributed by atoms with van der Waals surface area (Å²) in [6, 6.07) is 0.806. The van der Waals surface area contributed by atoms with Gasteiger partial charge in [-0.1, -0.05) is 0 Å². The number of hydrogen-bond acceptors (Lipinski definition) is 3. The molecule has 0 aromatic carbocycles. The summed E-state index contributed by atoms with van der Waals surface area (Å²) >= 11 is 0. The predicted molar refractivity (Wildman–Crippen MR) is 56.9 cm³/mol. The number of rotatable bonds is 2. The van der Waals surface area contributed by atoms with Crippen LogP contribution in [-0.4, -0.2) is 29.7 Å². The third-order valence-corrected chi connectivity index (χ3v) is 4.89.